The molecule has 0 bridgehead atoms. The number of carbonyl (C=O) groups excluding carboxylic acids is 1. The van der Waals surface area contributed by atoms with Crippen LogP contribution in [0.15, 0.2) is 12.2 Å². The third-order valence-electron chi connectivity index (χ3n) is 2.23. The van der Waals surface area contributed by atoms with Gasteiger partial charge in [-0.05, 0) is 18.9 Å². The predicted molar refractivity (Wildman–Crippen MR) is 52.6 cm³/mol. The highest BCUT2D eigenvalue weighted by atomic mass is 16.6. The van der Waals surface area contributed by atoms with Crippen LogP contribution in [0.4, 0.5) is 0 Å². The predicted octanol–water partition coefficient (Wildman–Crippen LogP) is 0.520. The Morgan fingerprint density at radius 3 is 3.00 bits per heavy atom. The fraction of sp³-hybridized carbons (Fsp3) is 0.700. The van der Waals surface area contributed by atoms with Crippen LogP contribution in [0.1, 0.15) is 19.8 Å². The van der Waals surface area contributed by atoms with Crippen LogP contribution < -0.4 is 0 Å². The zero-order chi connectivity index (χ0) is 10.6. The molecule has 1 saturated heterocycles. The molecule has 0 aromatic heterocycles. The maximum Gasteiger partial charge on any atom is 0.222 e. The van der Waals surface area contributed by atoms with E-state index in [2.05, 4.69) is 6.58 Å². The van der Waals surface area contributed by atoms with Crippen molar-refractivity contribution in [2.45, 2.75) is 26.1 Å². The van der Waals surface area contributed by atoms with Gasteiger partial charge >= 0.3 is 0 Å². The van der Waals surface area contributed by atoms with E-state index in [1.54, 1.807) is 11.8 Å². The first kappa shape index (κ1) is 11.2. The summed E-state index contributed by atoms with van der Waals surface area (Å²) in [6, 6.07) is 0. The molecular weight excluding hydrogens is 182 g/mol. The van der Waals surface area contributed by atoms with E-state index >= 15 is 0 Å². The average Bonchev–Trinajstić information content (AvgIpc) is 2.51. The highest BCUT2D eigenvalue weighted by Gasteiger charge is 2.19. The topological polar surface area (TPSA) is 49.8 Å². The van der Waals surface area contributed by atoms with Crippen LogP contribution in [0.2, 0.25) is 0 Å². The third kappa shape index (κ3) is 3.12. The molecule has 1 aliphatic rings. The van der Waals surface area contributed by atoms with Crippen LogP contribution in [0.5, 0.6) is 0 Å². The second kappa shape index (κ2) is 5.12. The Morgan fingerprint density at radius 1 is 1.79 bits per heavy atom. The molecule has 0 aliphatic carbocycles. The van der Waals surface area contributed by atoms with Gasteiger partial charge in [-0.25, -0.2) is 0 Å². The third-order valence-corrected chi connectivity index (χ3v) is 2.23. The van der Waals surface area contributed by atoms with Crippen molar-refractivity contribution in [3.8, 4) is 0 Å². The molecule has 0 radical (unpaired) electrons. The summed E-state index contributed by atoms with van der Waals surface area (Å²) in [7, 11) is 0. The maximum absolute atomic E-state index is 11.2. The molecule has 1 rings (SSSR count). The molecule has 80 valence electrons. The van der Waals surface area contributed by atoms with Gasteiger partial charge in [-0.15, -0.1) is 0 Å². The van der Waals surface area contributed by atoms with Crippen molar-refractivity contribution >= 4 is 5.91 Å². The first-order chi connectivity index (χ1) is 6.61. The second-order valence-electron chi connectivity index (χ2n) is 3.55. The number of nitrogens with zero attached hydrogens (tertiary/aromatic N) is 1. The van der Waals surface area contributed by atoms with Crippen molar-refractivity contribution in [2.24, 2.45) is 0 Å². The molecule has 1 atom stereocenters. The van der Waals surface area contributed by atoms with Gasteiger partial charge in [-0.2, -0.15) is 0 Å². The number of carbonyl (C=O) groups is 1. The average molecular weight is 199 g/mol. The van der Waals surface area contributed by atoms with Gasteiger partial charge in [0.15, 0.2) is 6.29 Å². The quantitative estimate of drug-likeness (QED) is 0.518. The molecule has 0 aromatic carbocycles. The van der Waals surface area contributed by atoms with Crippen molar-refractivity contribution in [2.75, 3.05) is 19.7 Å². The van der Waals surface area contributed by atoms with Crippen LogP contribution in [0, 0.1) is 0 Å². The van der Waals surface area contributed by atoms with Crippen LogP contribution in [0.3, 0.4) is 0 Å². The Hall–Kier alpha value is -0.870. The molecule has 4 nitrogen and oxygen atoms in total. The lowest BCUT2D eigenvalue weighted by Gasteiger charge is -2.17. The summed E-state index contributed by atoms with van der Waals surface area (Å²) in [4.78, 5) is 12.9. The molecule has 0 aromatic rings. The Balaban J connectivity index is 2.15. The van der Waals surface area contributed by atoms with Gasteiger partial charge in [0.05, 0.1) is 6.61 Å². The van der Waals surface area contributed by atoms with Gasteiger partial charge in [-0.1, -0.05) is 6.58 Å². The molecule has 1 amide bonds. The van der Waals surface area contributed by atoms with E-state index in [0.29, 0.717) is 25.1 Å². The first-order valence-electron chi connectivity index (χ1n) is 4.84. The Labute approximate surface area is 84.2 Å². The van der Waals surface area contributed by atoms with Gasteiger partial charge in [0.1, 0.15) is 0 Å². The van der Waals surface area contributed by atoms with E-state index in [4.69, 9.17) is 4.74 Å². The summed E-state index contributed by atoms with van der Waals surface area (Å²) in [5, 5.41) is 9.24. The number of likely N-dealkylation sites (tertiary alicyclic amines) is 1. The molecule has 1 fully saturated rings. The van der Waals surface area contributed by atoms with E-state index in [9.17, 15) is 9.90 Å². The number of aliphatic hydroxyl groups excluding tert-OH is 1. The Morgan fingerprint density at radius 2 is 2.50 bits per heavy atom. The fourth-order valence-corrected chi connectivity index (χ4v) is 1.36. The maximum atomic E-state index is 11.2. The molecule has 1 heterocycles. The lowest BCUT2D eigenvalue weighted by atomic mass is 10.3. The summed E-state index contributed by atoms with van der Waals surface area (Å²) in [6.45, 7) is 7.00. The summed E-state index contributed by atoms with van der Waals surface area (Å²) in [5.74, 6) is 0.179. The highest BCUT2D eigenvalue weighted by Crippen LogP contribution is 2.09. The smallest absolute Gasteiger partial charge is 0.222 e. The standard InChI is InChI=1S/C10H17NO3/c1-8(2)10(13)14-7-6-11-5-3-4-9(11)12/h10,13H,1,3-7H2,2H3. The molecule has 1 aliphatic heterocycles. The summed E-state index contributed by atoms with van der Waals surface area (Å²) >= 11 is 0. The minimum absolute atomic E-state index is 0.179. The van der Waals surface area contributed by atoms with Crippen molar-refractivity contribution in [1.82, 2.24) is 4.90 Å². The fourth-order valence-electron chi connectivity index (χ4n) is 1.36. The van der Waals surface area contributed by atoms with E-state index in [0.717, 1.165) is 13.0 Å². The number of hydrogen-bond donors (Lipinski definition) is 1. The molecular formula is C10H17NO3. The van der Waals surface area contributed by atoms with E-state index in [-0.39, 0.29) is 5.91 Å². The Bertz CT molecular complexity index is 227. The minimum atomic E-state index is -0.910. The van der Waals surface area contributed by atoms with Crippen molar-refractivity contribution < 1.29 is 14.6 Å². The van der Waals surface area contributed by atoms with E-state index < -0.39 is 6.29 Å². The van der Waals surface area contributed by atoms with Gasteiger partial charge in [0, 0.05) is 19.5 Å². The van der Waals surface area contributed by atoms with Gasteiger partial charge in [-0.3, -0.25) is 4.79 Å². The number of rotatable bonds is 5. The molecule has 0 saturated carbocycles. The van der Waals surface area contributed by atoms with E-state index in [1.165, 1.54) is 0 Å². The SMILES string of the molecule is C=C(C)C(O)OCCN1CCCC1=O. The number of aliphatic hydroxyl groups is 1. The lowest BCUT2D eigenvalue weighted by molar-refractivity contribution is -0.130. The number of amides is 1. The molecule has 1 N–H and O–H groups in total. The first-order valence-corrected chi connectivity index (χ1v) is 4.84. The monoisotopic (exact) mass is 199 g/mol. The summed E-state index contributed by atoms with van der Waals surface area (Å²) < 4.78 is 5.08. The van der Waals surface area contributed by atoms with Crippen molar-refractivity contribution in [3.05, 3.63) is 12.2 Å². The van der Waals surface area contributed by atoms with Gasteiger partial charge in [0.25, 0.3) is 0 Å². The molecule has 0 spiro atoms. The molecule has 14 heavy (non-hydrogen) atoms. The van der Waals surface area contributed by atoms with Crippen LogP contribution in [-0.2, 0) is 9.53 Å². The molecule has 4 heteroatoms. The highest BCUT2D eigenvalue weighted by molar-refractivity contribution is 5.77. The van der Waals surface area contributed by atoms with Crippen molar-refractivity contribution in [1.29, 1.82) is 0 Å². The van der Waals surface area contributed by atoms with Crippen LogP contribution in [-0.4, -0.2) is 41.9 Å². The summed E-state index contributed by atoms with van der Waals surface area (Å²) in [5.41, 5.74) is 0.581. The number of ether oxygens (including phenoxy) is 1. The van der Waals surface area contributed by atoms with Crippen LogP contribution >= 0.6 is 0 Å². The molecule has 1 unspecified atom stereocenters. The van der Waals surface area contributed by atoms with Gasteiger partial charge in [0.2, 0.25) is 5.91 Å². The zero-order valence-corrected chi connectivity index (χ0v) is 8.53. The zero-order valence-electron chi connectivity index (χ0n) is 8.53. The Kier molecular flexibility index (Phi) is 4.10. The lowest BCUT2D eigenvalue weighted by Crippen LogP contribution is -2.30. The summed E-state index contributed by atoms with van der Waals surface area (Å²) in [6.07, 6.45) is 0.665. The normalized spacial score (nSPS) is 18.7. The second-order valence-corrected chi connectivity index (χ2v) is 3.55. The van der Waals surface area contributed by atoms with Crippen LogP contribution in [0.25, 0.3) is 0 Å². The number of hydrogen-bond acceptors (Lipinski definition) is 3. The van der Waals surface area contributed by atoms with Gasteiger partial charge < -0.3 is 14.7 Å². The van der Waals surface area contributed by atoms with Crippen molar-refractivity contribution in [3.63, 3.8) is 0 Å². The minimum Gasteiger partial charge on any atom is -0.364 e. The largest absolute Gasteiger partial charge is 0.364 e. The van der Waals surface area contributed by atoms with E-state index in [1.807, 2.05) is 0 Å².